The molecule has 0 atom stereocenters. The van der Waals surface area contributed by atoms with Gasteiger partial charge in [-0.1, -0.05) is 11.3 Å². The van der Waals surface area contributed by atoms with Gasteiger partial charge >= 0.3 is 0 Å². The summed E-state index contributed by atoms with van der Waals surface area (Å²) in [7, 11) is 3.37. The van der Waals surface area contributed by atoms with Crippen LogP contribution >= 0.6 is 11.3 Å². The second-order valence-electron chi connectivity index (χ2n) is 2.76. The van der Waals surface area contributed by atoms with Gasteiger partial charge in [0.2, 0.25) is 0 Å². The molecule has 0 aliphatic carbocycles. The number of aromatic nitrogens is 1. The van der Waals surface area contributed by atoms with Crippen LogP contribution in [0.25, 0.3) is 10.2 Å². The average Bonchev–Trinajstić information content (AvgIpc) is 2.59. The molecule has 0 fully saturated rings. The van der Waals surface area contributed by atoms with Gasteiger partial charge in [0.25, 0.3) is 0 Å². The van der Waals surface area contributed by atoms with Crippen molar-refractivity contribution in [3.05, 3.63) is 12.1 Å². The highest BCUT2D eigenvalue weighted by Crippen LogP contribution is 2.35. The van der Waals surface area contributed by atoms with Crippen molar-refractivity contribution in [1.29, 1.82) is 0 Å². The molecule has 0 aliphatic heterocycles. The number of phenolic OH excluding ortho intramolecular Hbond substituents is 1. The third-order valence-electron chi connectivity index (χ3n) is 1.88. The molecule has 74 valence electrons. The van der Waals surface area contributed by atoms with Crippen LogP contribution in [-0.2, 0) is 0 Å². The Morgan fingerprint density at radius 2 is 2.29 bits per heavy atom. The minimum absolute atomic E-state index is 0.195. The van der Waals surface area contributed by atoms with E-state index in [0.29, 0.717) is 5.75 Å². The van der Waals surface area contributed by atoms with Crippen LogP contribution in [0.15, 0.2) is 12.1 Å². The van der Waals surface area contributed by atoms with Crippen molar-refractivity contribution < 1.29 is 9.84 Å². The van der Waals surface area contributed by atoms with E-state index in [1.54, 1.807) is 19.2 Å². The van der Waals surface area contributed by atoms with Gasteiger partial charge in [0.05, 0.1) is 11.8 Å². The van der Waals surface area contributed by atoms with Gasteiger partial charge in [-0.3, -0.25) is 0 Å². The molecule has 0 unspecified atom stereocenters. The summed E-state index contributed by atoms with van der Waals surface area (Å²) in [6.45, 7) is 0. The van der Waals surface area contributed by atoms with Gasteiger partial charge in [-0.05, 0) is 6.07 Å². The lowest BCUT2D eigenvalue weighted by molar-refractivity contribution is 0.412. The van der Waals surface area contributed by atoms with E-state index in [1.165, 1.54) is 11.3 Å². The molecule has 2 N–H and O–H groups in total. The Morgan fingerprint density at radius 1 is 1.50 bits per heavy atom. The molecule has 14 heavy (non-hydrogen) atoms. The first-order chi connectivity index (χ1) is 6.74. The number of benzene rings is 1. The second-order valence-corrected chi connectivity index (χ2v) is 3.79. The largest absolute Gasteiger partial charge is 0.508 e. The predicted octanol–water partition coefficient (Wildman–Crippen LogP) is 2.05. The minimum atomic E-state index is 0.195. The van der Waals surface area contributed by atoms with Crippen molar-refractivity contribution in [2.75, 3.05) is 19.5 Å². The van der Waals surface area contributed by atoms with Gasteiger partial charge in [0, 0.05) is 13.1 Å². The first kappa shape index (κ1) is 9.08. The number of fused-ring (bicyclic) bond motifs is 1. The fourth-order valence-corrected chi connectivity index (χ4v) is 2.12. The van der Waals surface area contributed by atoms with E-state index in [2.05, 4.69) is 10.3 Å². The van der Waals surface area contributed by atoms with Gasteiger partial charge in [0.1, 0.15) is 17.0 Å². The SMILES string of the molecule is CNc1nc2c(OC)cc(O)cc2s1. The van der Waals surface area contributed by atoms with Crippen LogP contribution in [-0.4, -0.2) is 24.2 Å². The maximum absolute atomic E-state index is 9.40. The summed E-state index contributed by atoms with van der Waals surface area (Å²) in [6, 6.07) is 3.23. The highest BCUT2D eigenvalue weighted by atomic mass is 32.1. The lowest BCUT2D eigenvalue weighted by atomic mass is 10.3. The van der Waals surface area contributed by atoms with Gasteiger partial charge in [0.15, 0.2) is 5.13 Å². The van der Waals surface area contributed by atoms with Crippen LogP contribution in [0.3, 0.4) is 0 Å². The van der Waals surface area contributed by atoms with E-state index in [1.807, 2.05) is 7.05 Å². The van der Waals surface area contributed by atoms with Crippen LogP contribution in [0.5, 0.6) is 11.5 Å². The van der Waals surface area contributed by atoms with Crippen molar-refractivity contribution >= 4 is 26.7 Å². The molecule has 1 aromatic carbocycles. The lowest BCUT2D eigenvalue weighted by Gasteiger charge is -2.00. The van der Waals surface area contributed by atoms with Crippen LogP contribution in [0, 0.1) is 0 Å². The van der Waals surface area contributed by atoms with Gasteiger partial charge < -0.3 is 15.2 Å². The monoisotopic (exact) mass is 210 g/mol. The number of ether oxygens (including phenoxy) is 1. The van der Waals surface area contributed by atoms with E-state index in [9.17, 15) is 5.11 Å². The van der Waals surface area contributed by atoms with E-state index in [0.717, 1.165) is 15.3 Å². The summed E-state index contributed by atoms with van der Waals surface area (Å²) in [5, 5.41) is 13.2. The Kier molecular flexibility index (Phi) is 2.17. The molecule has 0 saturated heterocycles. The molecule has 2 aromatic rings. The Morgan fingerprint density at radius 3 is 2.93 bits per heavy atom. The van der Waals surface area contributed by atoms with Crippen molar-refractivity contribution in [3.8, 4) is 11.5 Å². The molecule has 0 spiro atoms. The highest BCUT2D eigenvalue weighted by Gasteiger charge is 2.09. The molecule has 2 rings (SSSR count). The van der Waals surface area contributed by atoms with Crippen molar-refractivity contribution in [2.45, 2.75) is 0 Å². The highest BCUT2D eigenvalue weighted by molar-refractivity contribution is 7.22. The maximum atomic E-state index is 9.40. The Balaban J connectivity index is 2.71. The van der Waals surface area contributed by atoms with E-state index < -0.39 is 0 Å². The number of thiazole rings is 1. The number of hydrogen-bond donors (Lipinski definition) is 2. The predicted molar refractivity (Wildman–Crippen MR) is 57.4 cm³/mol. The fourth-order valence-electron chi connectivity index (χ4n) is 1.25. The molecule has 0 aliphatic rings. The summed E-state index contributed by atoms with van der Waals surface area (Å²) < 4.78 is 6.03. The smallest absolute Gasteiger partial charge is 0.183 e. The summed E-state index contributed by atoms with van der Waals surface area (Å²) in [5.74, 6) is 0.790. The second kappa shape index (κ2) is 3.34. The molecule has 0 radical (unpaired) electrons. The number of methoxy groups -OCH3 is 1. The molecular weight excluding hydrogens is 200 g/mol. The number of anilines is 1. The molecule has 5 heteroatoms. The number of phenols is 1. The topological polar surface area (TPSA) is 54.4 Å². The summed E-state index contributed by atoms with van der Waals surface area (Å²) in [4.78, 5) is 4.31. The first-order valence-electron chi connectivity index (χ1n) is 4.10. The molecule has 0 bridgehead atoms. The van der Waals surface area contributed by atoms with E-state index >= 15 is 0 Å². The fraction of sp³-hybridized carbons (Fsp3) is 0.222. The molecule has 4 nitrogen and oxygen atoms in total. The standard InChI is InChI=1S/C9H10N2O2S/c1-10-9-11-8-6(13-2)3-5(12)4-7(8)14-9/h3-4,12H,1-2H3,(H,10,11). The summed E-state index contributed by atoms with van der Waals surface area (Å²) >= 11 is 1.48. The zero-order valence-electron chi connectivity index (χ0n) is 7.87. The zero-order valence-corrected chi connectivity index (χ0v) is 8.68. The lowest BCUT2D eigenvalue weighted by Crippen LogP contribution is -1.86. The first-order valence-corrected chi connectivity index (χ1v) is 4.91. The van der Waals surface area contributed by atoms with Crippen LogP contribution in [0.1, 0.15) is 0 Å². The molecule has 0 saturated carbocycles. The Labute approximate surface area is 85.2 Å². The molecular formula is C9H10N2O2S. The van der Waals surface area contributed by atoms with E-state index in [-0.39, 0.29) is 5.75 Å². The third-order valence-corrected chi connectivity index (χ3v) is 2.90. The number of hydrogen-bond acceptors (Lipinski definition) is 5. The van der Waals surface area contributed by atoms with Gasteiger partial charge in [-0.15, -0.1) is 0 Å². The zero-order chi connectivity index (χ0) is 10.1. The Bertz CT molecular complexity index is 467. The molecule has 1 aromatic heterocycles. The normalized spacial score (nSPS) is 10.4. The van der Waals surface area contributed by atoms with Crippen LogP contribution < -0.4 is 10.1 Å². The maximum Gasteiger partial charge on any atom is 0.183 e. The number of nitrogens with one attached hydrogen (secondary N) is 1. The summed E-state index contributed by atoms with van der Waals surface area (Å²) in [5.41, 5.74) is 0.777. The molecule has 0 amide bonds. The number of rotatable bonds is 2. The quantitative estimate of drug-likeness (QED) is 0.796. The van der Waals surface area contributed by atoms with Crippen molar-refractivity contribution in [3.63, 3.8) is 0 Å². The summed E-state index contributed by atoms with van der Waals surface area (Å²) in [6.07, 6.45) is 0. The van der Waals surface area contributed by atoms with Gasteiger partial charge in [-0.2, -0.15) is 0 Å². The third kappa shape index (κ3) is 1.35. The number of aromatic hydroxyl groups is 1. The van der Waals surface area contributed by atoms with E-state index in [4.69, 9.17) is 4.74 Å². The number of nitrogens with zero attached hydrogens (tertiary/aromatic N) is 1. The van der Waals surface area contributed by atoms with Crippen molar-refractivity contribution in [2.24, 2.45) is 0 Å². The van der Waals surface area contributed by atoms with Crippen LogP contribution in [0.4, 0.5) is 5.13 Å². The molecule has 1 heterocycles. The van der Waals surface area contributed by atoms with Gasteiger partial charge in [-0.25, -0.2) is 4.98 Å². The van der Waals surface area contributed by atoms with Crippen molar-refractivity contribution in [1.82, 2.24) is 4.98 Å². The minimum Gasteiger partial charge on any atom is -0.508 e. The Hall–Kier alpha value is -1.49. The van der Waals surface area contributed by atoms with Crippen LogP contribution in [0.2, 0.25) is 0 Å². The average molecular weight is 210 g/mol.